The molecule has 42 heavy (non-hydrogen) atoms. The van der Waals surface area contributed by atoms with Crippen LogP contribution in [0.3, 0.4) is 0 Å². The number of thiazole rings is 1. The van der Waals surface area contributed by atoms with Crippen molar-refractivity contribution in [1.29, 1.82) is 0 Å². The fraction of sp³-hybridized carbons (Fsp3) is 0.310. The molecule has 1 fully saturated rings. The summed E-state index contributed by atoms with van der Waals surface area (Å²) in [6, 6.07) is 18.7. The Balaban J connectivity index is 0.976. The number of aromatic nitrogens is 1. The number of nitro groups is 1. The number of carbonyl (C=O) groups is 1. The Kier molecular flexibility index (Phi) is 7.90. The maximum Gasteiger partial charge on any atom is 0.270 e. The first-order chi connectivity index (χ1) is 20.3. The lowest BCUT2D eigenvalue weighted by Gasteiger charge is -2.34. The normalized spacial score (nSPS) is 16.3. The average Bonchev–Trinajstić information content (AvgIpc) is 3.45. The number of non-ortho nitro benzene ring substituents is 1. The Labute approximate surface area is 247 Å². The van der Waals surface area contributed by atoms with Crippen molar-refractivity contribution in [3.63, 3.8) is 0 Å². The minimum Gasteiger partial charge on any atom is -0.351 e. The van der Waals surface area contributed by atoms with Crippen molar-refractivity contribution < 1.29 is 18.1 Å². The molecular weight excluding hydrogens is 576 g/mol. The van der Waals surface area contributed by atoms with Crippen LogP contribution in [0, 0.1) is 10.1 Å². The van der Waals surface area contributed by atoms with Gasteiger partial charge in [0.15, 0.2) is 5.13 Å². The third kappa shape index (κ3) is 5.86. The molecule has 0 unspecified atom stereocenters. The molecule has 2 aliphatic rings. The largest absolute Gasteiger partial charge is 0.351 e. The first-order valence-electron chi connectivity index (χ1n) is 13.8. The van der Waals surface area contributed by atoms with Gasteiger partial charge in [-0.3, -0.25) is 19.8 Å². The molecule has 1 saturated heterocycles. The highest BCUT2D eigenvalue weighted by atomic mass is 32.2. The summed E-state index contributed by atoms with van der Waals surface area (Å²) < 4.78 is 28.7. The number of nitro benzene ring substituents is 1. The quantitative estimate of drug-likeness (QED) is 0.238. The highest BCUT2D eigenvalue weighted by Crippen LogP contribution is 2.32. The maximum atomic E-state index is 13.2. The molecular formula is C29H30N6O5S2. The monoisotopic (exact) mass is 606 g/mol. The van der Waals surface area contributed by atoms with Gasteiger partial charge >= 0.3 is 0 Å². The van der Waals surface area contributed by atoms with Gasteiger partial charge in [0.2, 0.25) is 10.0 Å². The number of carbonyl (C=O) groups excluding carboxylic acids is 1. The molecule has 13 heteroatoms. The molecule has 0 atom stereocenters. The topological polar surface area (TPSA) is 129 Å². The van der Waals surface area contributed by atoms with Crippen LogP contribution in [0.1, 0.15) is 21.5 Å². The van der Waals surface area contributed by atoms with Crippen LogP contribution >= 0.6 is 11.3 Å². The summed E-state index contributed by atoms with van der Waals surface area (Å²) in [6.45, 7) is 5.09. The van der Waals surface area contributed by atoms with Gasteiger partial charge in [0, 0.05) is 70.1 Å². The lowest BCUT2D eigenvalue weighted by molar-refractivity contribution is -0.384. The fourth-order valence-electron chi connectivity index (χ4n) is 5.34. The first kappa shape index (κ1) is 28.2. The molecule has 3 heterocycles. The van der Waals surface area contributed by atoms with E-state index in [0.29, 0.717) is 38.2 Å². The van der Waals surface area contributed by atoms with Gasteiger partial charge in [-0.15, -0.1) is 0 Å². The molecule has 1 amide bonds. The zero-order chi connectivity index (χ0) is 29.3. The van der Waals surface area contributed by atoms with Crippen LogP contribution in [0.25, 0.3) is 10.2 Å². The molecule has 4 aromatic rings. The van der Waals surface area contributed by atoms with Crippen molar-refractivity contribution in [2.45, 2.75) is 17.9 Å². The van der Waals surface area contributed by atoms with E-state index in [2.05, 4.69) is 20.1 Å². The number of nitrogens with zero attached hydrogens (tertiary/aromatic N) is 5. The summed E-state index contributed by atoms with van der Waals surface area (Å²) >= 11 is 1.46. The van der Waals surface area contributed by atoms with E-state index in [1.165, 1.54) is 39.4 Å². The fourth-order valence-corrected chi connectivity index (χ4v) is 7.81. The highest BCUT2D eigenvalue weighted by Gasteiger charge is 2.28. The second-order valence-corrected chi connectivity index (χ2v) is 13.3. The number of hydrogen-bond acceptors (Lipinski definition) is 9. The molecule has 0 radical (unpaired) electrons. The van der Waals surface area contributed by atoms with Crippen molar-refractivity contribution in [2.24, 2.45) is 0 Å². The molecule has 0 saturated carbocycles. The Morgan fingerprint density at radius 3 is 2.45 bits per heavy atom. The Morgan fingerprint density at radius 2 is 1.71 bits per heavy atom. The van der Waals surface area contributed by atoms with Crippen molar-refractivity contribution in [3.05, 3.63) is 93.5 Å². The third-order valence-corrected chi connectivity index (χ3v) is 10.7. The van der Waals surface area contributed by atoms with E-state index in [4.69, 9.17) is 0 Å². The Bertz CT molecular complexity index is 1730. The smallest absolute Gasteiger partial charge is 0.270 e. The molecule has 1 N–H and O–H groups in total. The lowest BCUT2D eigenvalue weighted by Crippen LogP contribution is -2.48. The summed E-state index contributed by atoms with van der Waals surface area (Å²) in [5.41, 5.74) is 3.44. The highest BCUT2D eigenvalue weighted by molar-refractivity contribution is 7.89. The summed E-state index contributed by atoms with van der Waals surface area (Å²) in [4.78, 5) is 32.7. The van der Waals surface area contributed by atoms with Crippen LogP contribution in [0.2, 0.25) is 0 Å². The van der Waals surface area contributed by atoms with Crippen molar-refractivity contribution in [3.8, 4) is 0 Å². The molecule has 0 aliphatic carbocycles. The molecule has 11 nitrogen and oxygen atoms in total. The molecule has 6 rings (SSSR count). The Morgan fingerprint density at radius 1 is 0.976 bits per heavy atom. The van der Waals surface area contributed by atoms with Gasteiger partial charge in [0.05, 0.1) is 20.0 Å². The minimum atomic E-state index is -3.66. The molecule has 0 spiro atoms. The number of amides is 1. The van der Waals surface area contributed by atoms with E-state index < -0.39 is 14.9 Å². The van der Waals surface area contributed by atoms with Crippen LogP contribution in [0.5, 0.6) is 0 Å². The van der Waals surface area contributed by atoms with E-state index in [1.54, 1.807) is 24.3 Å². The van der Waals surface area contributed by atoms with Gasteiger partial charge in [-0.2, -0.15) is 4.31 Å². The van der Waals surface area contributed by atoms with Crippen molar-refractivity contribution in [2.75, 3.05) is 50.7 Å². The maximum absolute atomic E-state index is 13.2. The van der Waals surface area contributed by atoms with Crippen molar-refractivity contribution in [1.82, 2.24) is 19.5 Å². The van der Waals surface area contributed by atoms with Crippen molar-refractivity contribution >= 4 is 48.3 Å². The molecule has 1 aromatic heterocycles. The van der Waals surface area contributed by atoms with Gasteiger partial charge in [0.25, 0.3) is 11.6 Å². The predicted octanol–water partition coefficient (Wildman–Crippen LogP) is 3.50. The molecule has 3 aromatic carbocycles. The number of anilines is 1. The first-order valence-corrected chi connectivity index (χ1v) is 16.0. The summed E-state index contributed by atoms with van der Waals surface area (Å²) in [6.07, 6.45) is 0.680. The SMILES string of the molecule is O=C(NCCN1CCN(c2nc3ccc([N+](=O)[O-])cc3s2)CC1)c1ccc(S(=O)(=O)N2CCc3ccccc3C2)cc1. The van der Waals surface area contributed by atoms with Gasteiger partial charge in [-0.1, -0.05) is 35.6 Å². The van der Waals surface area contributed by atoms with E-state index in [9.17, 15) is 23.3 Å². The Hall–Kier alpha value is -3.91. The zero-order valence-electron chi connectivity index (χ0n) is 22.8. The molecule has 0 bridgehead atoms. The predicted molar refractivity (Wildman–Crippen MR) is 161 cm³/mol. The number of hydrogen-bond donors (Lipinski definition) is 1. The van der Waals surface area contributed by atoms with Gasteiger partial charge in [-0.25, -0.2) is 13.4 Å². The molecule has 2 aliphatic heterocycles. The van der Waals surface area contributed by atoms with Gasteiger partial charge < -0.3 is 10.2 Å². The number of benzene rings is 3. The number of piperazine rings is 1. The summed E-state index contributed by atoms with van der Waals surface area (Å²) in [7, 11) is -3.66. The van der Waals surface area contributed by atoms with E-state index in [1.807, 2.05) is 24.3 Å². The van der Waals surface area contributed by atoms with Crippen LogP contribution in [-0.2, 0) is 23.0 Å². The third-order valence-electron chi connectivity index (χ3n) is 7.78. The minimum absolute atomic E-state index is 0.0643. The van der Waals surface area contributed by atoms with E-state index in [-0.39, 0.29) is 16.5 Å². The summed E-state index contributed by atoms with van der Waals surface area (Å²) in [5, 5.41) is 14.8. The lowest BCUT2D eigenvalue weighted by atomic mass is 10.0. The van der Waals surface area contributed by atoms with Crippen LogP contribution in [0.15, 0.2) is 71.6 Å². The van der Waals surface area contributed by atoms with Crippen LogP contribution < -0.4 is 10.2 Å². The average molecular weight is 607 g/mol. The van der Waals surface area contributed by atoms with Gasteiger partial charge in [-0.05, 0) is 47.9 Å². The van der Waals surface area contributed by atoms with E-state index >= 15 is 0 Å². The van der Waals surface area contributed by atoms with Gasteiger partial charge in [0.1, 0.15) is 0 Å². The number of sulfonamides is 1. The second kappa shape index (κ2) is 11.8. The van der Waals surface area contributed by atoms with E-state index in [0.717, 1.165) is 47.1 Å². The number of fused-ring (bicyclic) bond motifs is 2. The van der Waals surface area contributed by atoms with Crippen LogP contribution in [0.4, 0.5) is 10.8 Å². The second-order valence-electron chi connectivity index (χ2n) is 10.4. The number of nitrogens with one attached hydrogen (secondary N) is 1. The summed E-state index contributed by atoms with van der Waals surface area (Å²) in [5.74, 6) is -0.243. The molecule has 218 valence electrons. The van der Waals surface area contributed by atoms with Crippen LogP contribution in [-0.4, -0.2) is 79.3 Å². The standard InChI is InChI=1S/C29H30N6O5S2/c36-28(22-5-8-25(9-6-22)42(39,40)34-13-11-21-3-1-2-4-23(21)20-34)30-12-14-32-15-17-33(18-16-32)29-31-26-10-7-24(35(37)38)19-27(26)41-29/h1-10,19H,11-18,20H2,(H,30,36). The number of rotatable bonds is 8. The zero-order valence-corrected chi connectivity index (χ0v) is 24.4.